The van der Waals surface area contributed by atoms with Gasteiger partial charge in [-0.25, -0.2) is 0 Å². The largest absolute Gasteiger partial charge is 0.480 e. The molecule has 0 amide bonds. The fourth-order valence-corrected chi connectivity index (χ4v) is 4.09. The van der Waals surface area contributed by atoms with Crippen LogP contribution in [0.3, 0.4) is 0 Å². The average Bonchev–Trinajstić information content (AvgIpc) is 2.53. The lowest BCUT2D eigenvalue weighted by Gasteiger charge is -2.43. The first-order valence-electron chi connectivity index (χ1n) is 8.24. The zero-order valence-electron chi connectivity index (χ0n) is 12.8. The number of hydrogen-bond donors (Lipinski definition) is 1. The van der Waals surface area contributed by atoms with E-state index in [9.17, 15) is 9.90 Å². The Bertz CT molecular complexity index is 514. The number of aliphatic carboxylic acids is 1. The Morgan fingerprint density at radius 3 is 2.76 bits per heavy atom. The van der Waals surface area contributed by atoms with E-state index in [0.717, 1.165) is 18.9 Å². The Hall–Kier alpha value is -1.35. The molecule has 1 heterocycles. The molecule has 3 atom stereocenters. The van der Waals surface area contributed by atoms with Crippen molar-refractivity contribution in [3.05, 3.63) is 35.4 Å². The summed E-state index contributed by atoms with van der Waals surface area (Å²) in [5, 5.41) is 9.65. The smallest absolute Gasteiger partial charge is 0.321 e. The number of carboxylic acid groups (broad SMARTS) is 1. The lowest BCUT2D eigenvalue weighted by atomic mass is 9.81. The van der Waals surface area contributed by atoms with Gasteiger partial charge in [-0.05, 0) is 36.3 Å². The first kappa shape index (κ1) is 14.6. The molecule has 0 aromatic heterocycles. The molecule has 114 valence electrons. The monoisotopic (exact) mass is 287 g/mol. The van der Waals surface area contributed by atoms with Gasteiger partial charge >= 0.3 is 5.97 Å². The highest BCUT2D eigenvalue weighted by Crippen LogP contribution is 2.34. The highest BCUT2D eigenvalue weighted by atomic mass is 16.4. The van der Waals surface area contributed by atoms with Gasteiger partial charge in [-0.15, -0.1) is 0 Å². The molecule has 1 aliphatic carbocycles. The maximum absolute atomic E-state index is 11.7. The average molecular weight is 287 g/mol. The predicted molar refractivity (Wildman–Crippen MR) is 83.1 cm³/mol. The molecular formula is C18H25NO2. The summed E-state index contributed by atoms with van der Waals surface area (Å²) in [6.07, 6.45) is 6.76. The highest BCUT2D eigenvalue weighted by Gasteiger charge is 2.37. The number of rotatable bonds is 3. The molecule has 0 bridgehead atoms. The van der Waals surface area contributed by atoms with Crippen LogP contribution >= 0.6 is 0 Å². The molecule has 3 rings (SSSR count). The summed E-state index contributed by atoms with van der Waals surface area (Å²) in [6, 6.07) is 8.41. The van der Waals surface area contributed by atoms with E-state index in [-0.39, 0.29) is 6.04 Å². The minimum atomic E-state index is -0.664. The van der Waals surface area contributed by atoms with Crippen molar-refractivity contribution >= 4 is 5.97 Å². The zero-order valence-corrected chi connectivity index (χ0v) is 12.8. The van der Waals surface area contributed by atoms with Crippen LogP contribution in [0.2, 0.25) is 0 Å². The summed E-state index contributed by atoms with van der Waals surface area (Å²) in [5.41, 5.74) is 2.53. The van der Waals surface area contributed by atoms with Crippen molar-refractivity contribution in [1.82, 2.24) is 4.90 Å². The molecule has 1 saturated carbocycles. The van der Waals surface area contributed by atoms with Gasteiger partial charge in [0.15, 0.2) is 0 Å². The number of nitrogens with zero attached hydrogens (tertiary/aromatic N) is 1. The van der Waals surface area contributed by atoms with Crippen molar-refractivity contribution in [1.29, 1.82) is 0 Å². The molecule has 0 saturated heterocycles. The lowest BCUT2D eigenvalue weighted by molar-refractivity contribution is -0.145. The number of hydrogen-bond acceptors (Lipinski definition) is 2. The van der Waals surface area contributed by atoms with Gasteiger partial charge in [0.2, 0.25) is 0 Å². The van der Waals surface area contributed by atoms with Crippen molar-refractivity contribution in [3.8, 4) is 0 Å². The molecule has 1 aromatic rings. The molecule has 2 aliphatic rings. The van der Waals surface area contributed by atoms with E-state index in [1.807, 2.05) is 6.07 Å². The van der Waals surface area contributed by atoms with E-state index in [1.54, 1.807) is 0 Å². The molecule has 3 heteroatoms. The topological polar surface area (TPSA) is 40.5 Å². The summed E-state index contributed by atoms with van der Waals surface area (Å²) in [7, 11) is 0. The normalized spacial score (nSPS) is 29.9. The molecular weight excluding hydrogens is 262 g/mol. The van der Waals surface area contributed by atoms with E-state index in [1.165, 1.54) is 36.8 Å². The van der Waals surface area contributed by atoms with Crippen LogP contribution in [0.25, 0.3) is 0 Å². The van der Waals surface area contributed by atoms with Crippen molar-refractivity contribution in [2.24, 2.45) is 5.92 Å². The summed E-state index contributed by atoms with van der Waals surface area (Å²) in [4.78, 5) is 14.0. The Morgan fingerprint density at radius 1 is 1.29 bits per heavy atom. The second-order valence-corrected chi connectivity index (χ2v) is 6.59. The first-order chi connectivity index (χ1) is 10.2. The van der Waals surface area contributed by atoms with Crippen molar-refractivity contribution < 1.29 is 9.90 Å². The van der Waals surface area contributed by atoms with E-state index >= 15 is 0 Å². The van der Waals surface area contributed by atoms with Gasteiger partial charge in [0, 0.05) is 12.6 Å². The molecule has 1 aromatic carbocycles. The van der Waals surface area contributed by atoms with Gasteiger partial charge in [0.1, 0.15) is 6.04 Å². The van der Waals surface area contributed by atoms with E-state index in [2.05, 4.69) is 30.0 Å². The van der Waals surface area contributed by atoms with Crippen LogP contribution in [0.4, 0.5) is 0 Å². The standard InChI is InChI=1S/C18H25NO2/c1-2-13-6-5-9-16(10-13)19-12-15-8-4-3-7-14(15)11-17(19)18(20)21/h3-4,7-8,13,16-17H,2,5-6,9-12H2,1H3,(H,20,21)/t13?,16?,17-/m0/s1. The van der Waals surface area contributed by atoms with Crippen LogP contribution in [-0.2, 0) is 17.8 Å². The van der Waals surface area contributed by atoms with Crippen LogP contribution in [0.15, 0.2) is 24.3 Å². The number of carbonyl (C=O) groups is 1. The predicted octanol–water partition coefficient (Wildman–Crippen LogP) is 3.47. The molecule has 0 spiro atoms. The van der Waals surface area contributed by atoms with E-state index in [0.29, 0.717) is 12.5 Å². The third-order valence-corrected chi connectivity index (χ3v) is 5.37. The fraction of sp³-hybridized carbons (Fsp3) is 0.611. The van der Waals surface area contributed by atoms with Gasteiger partial charge in [-0.3, -0.25) is 9.69 Å². The summed E-state index contributed by atoms with van der Waals surface area (Å²) in [6.45, 7) is 3.06. The fourth-order valence-electron chi connectivity index (χ4n) is 4.09. The van der Waals surface area contributed by atoms with Gasteiger partial charge < -0.3 is 5.11 Å². The maximum Gasteiger partial charge on any atom is 0.321 e. The van der Waals surface area contributed by atoms with Gasteiger partial charge in [-0.2, -0.15) is 0 Å². The van der Waals surface area contributed by atoms with Crippen LogP contribution in [0, 0.1) is 5.92 Å². The second-order valence-electron chi connectivity index (χ2n) is 6.59. The molecule has 1 aliphatic heterocycles. The van der Waals surface area contributed by atoms with Crippen molar-refractivity contribution in [2.45, 2.75) is 64.1 Å². The van der Waals surface area contributed by atoms with E-state index < -0.39 is 5.97 Å². The summed E-state index contributed by atoms with van der Waals surface area (Å²) < 4.78 is 0. The third kappa shape index (κ3) is 2.98. The molecule has 1 N–H and O–H groups in total. The van der Waals surface area contributed by atoms with Gasteiger partial charge in [0.25, 0.3) is 0 Å². The molecule has 1 fully saturated rings. The van der Waals surface area contributed by atoms with Crippen molar-refractivity contribution in [3.63, 3.8) is 0 Å². The molecule has 3 nitrogen and oxygen atoms in total. The molecule has 0 radical (unpaired) electrons. The van der Waals surface area contributed by atoms with Gasteiger partial charge in [-0.1, -0.05) is 50.5 Å². The first-order valence-corrected chi connectivity index (χ1v) is 8.24. The summed E-state index contributed by atoms with van der Waals surface area (Å²) in [5.74, 6) is 0.110. The Morgan fingerprint density at radius 2 is 2.05 bits per heavy atom. The molecule has 21 heavy (non-hydrogen) atoms. The quantitative estimate of drug-likeness (QED) is 0.925. The minimum Gasteiger partial charge on any atom is -0.480 e. The highest BCUT2D eigenvalue weighted by molar-refractivity contribution is 5.74. The lowest BCUT2D eigenvalue weighted by Crippen LogP contribution is -2.51. The van der Waals surface area contributed by atoms with Crippen LogP contribution < -0.4 is 0 Å². The number of benzene rings is 1. The van der Waals surface area contributed by atoms with E-state index in [4.69, 9.17) is 0 Å². The van der Waals surface area contributed by atoms with Crippen molar-refractivity contribution in [2.75, 3.05) is 0 Å². The Kier molecular flexibility index (Phi) is 4.29. The maximum atomic E-state index is 11.7. The molecule has 2 unspecified atom stereocenters. The van der Waals surface area contributed by atoms with Crippen LogP contribution in [0.1, 0.15) is 50.2 Å². The van der Waals surface area contributed by atoms with Crippen LogP contribution in [0.5, 0.6) is 0 Å². The third-order valence-electron chi connectivity index (χ3n) is 5.37. The summed E-state index contributed by atoms with van der Waals surface area (Å²) >= 11 is 0. The minimum absolute atomic E-state index is 0.347. The Balaban J connectivity index is 1.83. The second kappa shape index (κ2) is 6.18. The SMILES string of the molecule is CCC1CCCC(N2Cc3ccccc3C[C@H]2C(=O)O)C1. The van der Waals surface area contributed by atoms with Gasteiger partial charge in [0.05, 0.1) is 0 Å². The number of carboxylic acids is 1. The zero-order chi connectivity index (χ0) is 14.8. The number of fused-ring (bicyclic) bond motifs is 1. The van der Waals surface area contributed by atoms with Crippen LogP contribution in [-0.4, -0.2) is 28.1 Å². The Labute approximate surface area is 127 Å².